The summed E-state index contributed by atoms with van der Waals surface area (Å²) in [5, 5.41) is 8.55. The van der Waals surface area contributed by atoms with Crippen LogP contribution in [0.5, 0.6) is 0 Å². The van der Waals surface area contributed by atoms with Gasteiger partial charge >= 0.3 is 0 Å². The van der Waals surface area contributed by atoms with Crippen molar-refractivity contribution in [1.29, 1.82) is 0 Å². The third kappa shape index (κ3) is 6.04. The zero-order chi connectivity index (χ0) is 22.8. The molecule has 6 nitrogen and oxygen atoms in total. The van der Waals surface area contributed by atoms with Crippen LogP contribution in [-0.4, -0.2) is 25.4 Å². The Kier molecular flexibility index (Phi) is 7.00. The first-order valence-electron chi connectivity index (χ1n) is 9.84. The van der Waals surface area contributed by atoms with Gasteiger partial charge in [-0.05, 0) is 31.4 Å². The van der Waals surface area contributed by atoms with Gasteiger partial charge in [-0.15, -0.1) is 0 Å². The lowest BCUT2D eigenvalue weighted by Gasteiger charge is -2.15. The maximum atomic E-state index is 14.3. The molecule has 2 aliphatic rings. The molecule has 1 aliphatic carbocycles. The summed E-state index contributed by atoms with van der Waals surface area (Å²) in [6.07, 6.45) is 7.24. The number of hydrogen-bond acceptors (Lipinski definition) is 5. The Morgan fingerprint density at radius 1 is 1.10 bits per heavy atom. The highest BCUT2D eigenvalue weighted by Gasteiger charge is 2.33. The number of aryl methyl sites for hydroxylation is 1. The molecule has 1 aliphatic heterocycles. The Balaban J connectivity index is 0.000000491. The van der Waals surface area contributed by atoms with Crippen molar-refractivity contribution in [2.75, 3.05) is 6.26 Å². The normalized spacial score (nSPS) is 18.9. The number of nitrogens with zero attached hydrogens (tertiary/aromatic N) is 2. The van der Waals surface area contributed by atoms with E-state index in [0.29, 0.717) is 30.2 Å². The molecule has 2 aromatic rings. The first kappa shape index (κ1) is 23.2. The van der Waals surface area contributed by atoms with Gasteiger partial charge in [-0.25, -0.2) is 26.7 Å². The Hall–Kier alpha value is -2.46. The molecule has 0 radical (unpaired) electrons. The van der Waals surface area contributed by atoms with Crippen molar-refractivity contribution in [2.45, 2.75) is 45.1 Å². The second-order valence-corrected chi connectivity index (χ2v) is 9.54. The molecule has 1 saturated carbocycles. The number of primary sulfonamides is 1. The molecule has 1 unspecified atom stereocenters. The van der Waals surface area contributed by atoms with Crippen LogP contribution in [0.2, 0.25) is 0 Å². The van der Waals surface area contributed by atoms with Gasteiger partial charge < -0.3 is 4.84 Å². The van der Waals surface area contributed by atoms with Gasteiger partial charge in [0.1, 0.15) is 17.5 Å². The molecule has 1 aromatic heterocycles. The molecule has 0 bridgehead atoms. The van der Waals surface area contributed by atoms with Crippen LogP contribution in [-0.2, 0) is 14.9 Å². The molecule has 4 rings (SSSR count). The minimum Gasteiger partial charge on any atom is -0.386 e. The Morgan fingerprint density at radius 3 is 2.26 bits per heavy atom. The summed E-state index contributed by atoms with van der Waals surface area (Å²) < 4.78 is 60.8. The van der Waals surface area contributed by atoms with E-state index >= 15 is 0 Å². The van der Waals surface area contributed by atoms with Crippen molar-refractivity contribution in [3.05, 3.63) is 53.1 Å². The highest BCUT2D eigenvalue weighted by molar-refractivity contribution is 7.88. The van der Waals surface area contributed by atoms with Gasteiger partial charge in [0.05, 0.1) is 23.2 Å². The summed E-state index contributed by atoms with van der Waals surface area (Å²) >= 11 is 0. The van der Waals surface area contributed by atoms with Crippen molar-refractivity contribution in [1.82, 2.24) is 4.98 Å². The zero-order valence-electron chi connectivity index (χ0n) is 17.2. The molecular weight excluding hydrogens is 431 g/mol. The number of sulfonamides is 1. The highest BCUT2D eigenvalue weighted by atomic mass is 32.2. The minimum atomic E-state index is -3.17. The molecule has 168 valence electrons. The summed E-state index contributed by atoms with van der Waals surface area (Å²) in [7, 11) is -3.17. The molecule has 1 aromatic carbocycles. The monoisotopic (exact) mass is 455 g/mol. The van der Waals surface area contributed by atoms with Gasteiger partial charge in [0.2, 0.25) is 10.0 Å². The van der Waals surface area contributed by atoms with Crippen molar-refractivity contribution < 1.29 is 26.4 Å². The van der Waals surface area contributed by atoms with E-state index in [0.717, 1.165) is 30.4 Å². The lowest BCUT2D eigenvalue weighted by atomic mass is 9.93. The number of aromatic nitrogens is 1. The average molecular weight is 456 g/mol. The Morgan fingerprint density at radius 2 is 1.68 bits per heavy atom. The molecule has 1 atom stereocenters. The van der Waals surface area contributed by atoms with Crippen LogP contribution in [0.4, 0.5) is 13.2 Å². The number of hydrogen-bond donors (Lipinski definition) is 1. The van der Waals surface area contributed by atoms with Crippen LogP contribution >= 0.6 is 0 Å². The summed E-state index contributed by atoms with van der Waals surface area (Å²) in [4.78, 5) is 9.95. The van der Waals surface area contributed by atoms with Crippen LogP contribution in [0.25, 0.3) is 11.1 Å². The zero-order valence-corrected chi connectivity index (χ0v) is 18.1. The van der Waals surface area contributed by atoms with Crippen molar-refractivity contribution >= 4 is 15.7 Å². The van der Waals surface area contributed by atoms with Crippen LogP contribution in [0.15, 0.2) is 29.6 Å². The fourth-order valence-corrected chi connectivity index (χ4v) is 3.88. The summed E-state index contributed by atoms with van der Waals surface area (Å²) in [5.74, 6) is -2.43. The fourth-order valence-electron chi connectivity index (χ4n) is 3.88. The van der Waals surface area contributed by atoms with Crippen LogP contribution in [0.1, 0.15) is 49.5 Å². The number of pyridine rings is 1. The van der Waals surface area contributed by atoms with Gasteiger partial charge in [-0.1, -0.05) is 18.0 Å². The highest BCUT2D eigenvalue weighted by Crippen LogP contribution is 2.39. The molecule has 1 fully saturated rings. The van der Waals surface area contributed by atoms with Crippen molar-refractivity contribution in [2.24, 2.45) is 16.2 Å². The number of halogens is 3. The average Bonchev–Trinajstić information content (AvgIpc) is 3.31. The van der Waals surface area contributed by atoms with Gasteiger partial charge in [-0.2, -0.15) is 0 Å². The van der Waals surface area contributed by atoms with Gasteiger partial charge in [0.25, 0.3) is 0 Å². The molecule has 2 N–H and O–H groups in total. The maximum absolute atomic E-state index is 14.3. The number of oxime groups is 1. The molecule has 0 saturated heterocycles. The largest absolute Gasteiger partial charge is 0.386 e. The second-order valence-electron chi connectivity index (χ2n) is 7.88. The van der Waals surface area contributed by atoms with Gasteiger partial charge in [0.15, 0.2) is 6.10 Å². The smallest absolute Gasteiger partial charge is 0.206 e. The Labute approximate surface area is 179 Å². The quantitative estimate of drug-likeness (QED) is 0.743. The molecule has 10 heteroatoms. The van der Waals surface area contributed by atoms with Gasteiger partial charge in [-0.3, -0.25) is 4.98 Å². The van der Waals surface area contributed by atoms with Crippen LogP contribution in [0, 0.1) is 30.3 Å². The third-order valence-corrected chi connectivity index (χ3v) is 5.15. The lowest BCUT2D eigenvalue weighted by Crippen LogP contribution is -2.11. The lowest BCUT2D eigenvalue weighted by molar-refractivity contribution is 0.0829. The summed E-state index contributed by atoms with van der Waals surface area (Å²) in [6.45, 7) is 1.79. The van der Waals surface area contributed by atoms with E-state index < -0.39 is 33.6 Å². The molecule has 2 heterocycles. The van der Waals surface area contributed by atoms with Crippen LogP contribution in [0.3, 0.4) is 0 Å². The Bertz CT molecular complexity index is 1070. The van der Waals surface area contributed by atoms with E-state index in [4.69, 9.17) is 4.84 Å². The second kappa shape index (κ2) is 9.35. The van der Waals surface area contributed by atoms with E-state index in [1.54, 1.807) is 19.2 Å². The standard InChI is InChI=1S/C20H19F3N2O.CH5NO2S/c1-11-6-14(19-15(22)7-13(21)8-16(19)23)20(24-10-11)18-9-17(25-26-18)12-4-2-3-5-12;1-5(2,3)4/h6-8,10,12,18H,2-5,9H2,1H3;1H3,(H2,2,3,4). The third-order valence-electron chi connectivity index (χ3n) is 5.15. The van der Waals surface area contributed by atoms with E-state index in [-0.39, 0.29) is 11.1 Å². The number of benzene rings is 1. The molecule has 0 spiro atoms. The van der Waals surface area contributed by atoms with E-state index in [9.17, 15) is 21.6 Å². The maximum Gasteiger partial charge on any atom is 0.206 e. The molecular formula is C21H24F3N3O3S. The first-order valence-corrected chi connectivity index (χ1v) is 11.8. The molecule has 0 amide bonds. The SMILES string of the molecule is CS(N)(=O)=O.Cc1cnc(C2CC(C3CCCC3)=NO2)c(-c2c(F)cc(F)cc2F)c1. The number of rotatable bonds is 3. The van der Waals surface area contributed by atoms with Crippen LogP contribution < -0.4 is 5.14 Å². The summed E-state index contributed by atoms with van der Waals surface area (Å²) in [5.41, 5.74) is 2.18. The number of nitrogens with two attached hydrogens (primary N) is 1. The van der Waals surface area contributed by atoms with Gasteiger partial charge in [0, 0.05) is 36.2 Å². The predicted molar refractivity (Wildman–Crippen MR) is 111 cm³/mol. The fraction of sp³-hybridized carbons (Fsp3) is 0.429. The van der Waals surface area contributed by atoms with E-state index in [1.165, 1.54) is 12.8 Å². The van der Waals surface area contributed by atoms with Crippen molar-refractivity contribution in [3.63, 3.8) is 0 Å². The summed E-state index contributed by atoms with van der Waals surface area (Å²) in [6, 6.07) is 3.01. The minimum absolute atomic E-state index is 0.282. The topological polar surface area (TPSA) is 94.6 Å². The predicted octanol–water partition coefficient (Wildman–Crippen LogP) is 4.39. The van der Waals surface area contributed by atoms with E-state index in [2.05, 4.69) is 15.3 Å². The van der Waals surface area contributed by atoms with E-state index in [1.807, 2.05) is 0 Å². The molecule has 31 heavy (non-hydrogen) atoms. The van der Waals surface area contributed by atoms with Crippen molar-refractivity contribution in [3.8, 4) is 11.1 Å². The first-order chi connectivity index (χ1) is 14.5.